The predicted octanol–water partition coefficient (Wildman–Crippen LogP) is 1.46. The first kappa shape index (κ1) is 13.0. The van der Waals surface area contributed by atoms with Crippen LogP contribution in [0.15, 0.2) is 41.2 Å². The number of benzene rings is 1. The van der Waals surface area contributed by atoms with Gasteiger partial charge in [-0.05, 0) is 23.7 Å². The summed E-state index contributed by atoms with van der Waals surface area (Å²) in [5.74, 6) is -0.112. The maximum absolute atomic E-state index is 12.1. The number of nitrogens with one attached hydrogen (secondary N) is 1. The normalized spacial score (nSPS) is 10.5. The third kappa shape index (κ3) is 2.64. The van der Waals surface area contributed by atoms with Crippen LogP contribution in [0, 0.1) is 0 Å². The Hall–Kier alpha value is -3.03. The lowest BCUT2D eigenvalue weighted by Gasteiger charge is -1.99. The Morgan fingerprint density at radius 2 is 2.10 bits per heavy atom. The summed E-state index contributed by atoms with van der Waals surface area (Å²) in [4.78, 5) is 13.5. The average molecular weight is 284 g/mol. The molecule has 21 heavy (non-hydrogen) atoms. The van der Waals surface area contributed by atoms with Crippen molar-refractivity contribution >= 4 is 11.7 Å². The third-order valence-corrected chi connectivity index (χ3v) is 2.83. The van der Waals surface area contributed by atoms with E-state index in [1.807, 2.05) is 37.3 Å². The van der Waals surface area contributed by atoms with Gasteiger partial charge in [0.05, 0.1) is 11.9 Å². The fraction of sp³-hybridized carbons (Fsp3) is 0.154. The number of aryl methyl sites for hydroxylation is 1. The van der Waals surface area contributed by atoms with Gasteiger partial charge in [0, 0.05) is 0 Å². The van der Waals surface area contributed by atoms with Crippen molar-refractivity contribution in [3.63, 3.8) is 0 Å². The number of hydrogen-bond acceptors (Lipinski definition) is 6. The summed E-state index contributed by atoms with van der Waals surface area (Å²) in [6.07, 6.45) is 2.00. The van der Waals surface area contributed by atoms with Gasteiger partial charge in [-0.1, -0.05) is 30.3 Å². The lowest BCUT2D eigenvalue weighted by molar-refractivity contribution is 0.102. The van der Waals surface area contributed by atoms with Crippen LogP contribution < -0.4 is 5.32 Å². The molecule has 0 aliphatic rings. The minimum absolute atomic E-state index is 0.184. The number of hydrogen-bond donors (Lipinski definition) is 1. The summed E-state index contributed by atoms with van der Waals surface area (Å²) in [5.41, 5.74) is 1.54. The molecule has 0 unspecified atom stereocenters. The molecule has 1 N–H and O–H groups in total. The molecular formula is C13H12N6O2. The fourth-order valence-corrected chi connectivity index (χ4v) is 1.76. The number of anilines is 1. The van der Waals surface area contributed by atoms with Crippen LogP contribution >= 0.6 is 0 Å². The van der Waals surface area contributed by atoms with E-state index in [-0.39, 0.29) is 5.69 Å². The quantitative estimate of drug-likeness (QED) is 0.778. The van der Waals surface area contributed by atoms with Gasteiger partial charge in [-0.25, -0.2) is 4.63 Å². The van der Waals surface area contributed by atoms with Crippen molar-refractivity contribution < 1.29 is 9.42 Å². The van der Waals surface area contributed by atoms with Crippen LogP contribution in [0.4, 0.5) is 5.82 Å². The topological polar surface area (TPSA) is 98.7 Å². The minimum Gasteiger partial charge on any atom is -0.301 e. The third-order valence-electron chi connectivity index (χ3n) is 2.83. The standard InChI is InChI=1S/C13H12N6O2/c1-2-10-12(18-21-17-10)15-13(20)11-8-14-19(16-11)9-6-4-3-5-7-9/h3-8H,2H2,1H3,(H,15,18,20). The van der Waals surface area contributed by atoms with Crippen LogP contribution in [-0.2, 0) is 6.42 Å². The second-order valence-electron chi connectivity index (χ2n) is 4.22. The molecule has 0 spiro atoms. The van der Waals surface area contributed by atoms with Crippen molar-refractivity contribution in [2.75, 3.05) is 5.32 Å². The van der Waals surface area contributed by atoms with Crippen LogP contribution in [0.3, 0.4) is 0 Å². The molecule has 0 aliphatic carbocycles. The SMILES string of the molecule is CCc1nonc1NC(=O)c1cnn(-c2ccccc2)n1. The van der Waals surface area contributed by atoms with E-state index >= 15 is 0 Å². The zero-order chi connectivity index (χ0) is 14.7. The van der Waals surface area contributed by atoms with Gasteiger partial charge in [-0.15, -0.1) is 5.10 Å². The Bertz CT molecular complexity index is 749. The van der Waals surface area contributed by atoms with E-state index < -0.39 is 5.91 Å². The zero-order valence-corrected chi connectivity index (χ0v) is 11.2. The molecule has 1 amide bonds. The van der Waals surface area contributed by atoms with Crippen LogP contribution in [0.5, 0.6) is 0 Å². The van der Waals surface area contributed by atoms with E-state index in [0.717, 1.165) is 5.69 Å². The molecule has 0 atom stereocenters. The van der Waals surface area contributed by atoms with Crippen molar-refractivity contribution in [1.82, 2.24) is 25.3 Å². The van der Waals surface area contributed by atoms with Gasteiger partial charge in [0.2, 0.25) is 5.82 Å². The van der Waals surface area contributed by atoms with Gasteiger partial charge in [-0.2, -0.15) is 9.90 Å². The maximum Gasteiger partial charge on any atom is 0.279 e. The molecule has 0 radical (unpaired) electrons. The van der Waals surface area contributed by atoms with E-state index in [1.54, 1.807) is 0 Å². The van der Waals surface area contributed by atoms with Crippen LogP contribution in [0.1, 0.15) is 23.1 Å². The van der Waals surface area contributed by atoms with Gasteiger partial charge in [-0.3, -0.25) is 4.79 Å². The van der Waals surface area contributed by atoms with Crippen molar-refractivity contribution in [3.8, 4) is 5.69 Å². The highest BCUT2D eigenvalue weighted by atomic mass is 16.6. The summed E-state index contributed by atoms with van der Waals surface area (Å²) in [5, 5.41) is 18.1. The molecule has 2 aromatic heterocycles. The summed E-state index contributed by atoms with van der Waals surface area (Å²) in [6.45, 7) is 1.89. The number of para-hydroxylation sites is 1. The second kappa shape index (κ2) is 5.53. The summed E-state index contributed by atoms with van der Waals surface area (Å²) >= 11 is 0. The molecule has 1 aromatic carbocycles. The minimum atomic E-state index is -0.414. The molecule has 0 saturated carbocycles. The number of carbonyl (C=O) groups excluding carboxylic acids is 1. The Kier molecular flexibility index (Phi) is 3.42. The van der Waals surface area contributed by atoms with E-state index in [2.05, 4.69) is 30.5 Å². The Morgan fingerprint density at radius 1 is 1.29 bits per heavy atom. The molecular weight excluding hydrogens is 272 g/mol. The first-order chi connectivity index (χ1) is 10.3. The molecule has 8 nitrogen and oxygen atoms in total. The highest BCUT2D eigenvalue weighted by Crippen LogP contribution is 2.11. The largest absolute Gasteiger partial charge is 0.301 e. The van der Waals surface area contributed by atoms with Gasteiger partial charge in [0.25, 0.3) is 5.91 Å². The monoisotopic (exact) mass is 284 g/mol. The molecule has 0 fully saturated rings. The molecule has 0 saturated heterocycles. The van der Waals surface area contributed by atoms with Gasteiger partial charge < -0.3 is 5.32 Å². The summed E-state index contributed by atoms with van der Waals surface area (Å²) in [6, 6.07) is 9.32. The smallest absolute Gasteiger partial charge is 0.279 e. The van der Waals surface area contributed by atoms with Crippen LogP contribution in [0.2, 0.25) is 0 Å². The first-order valence-corrected chi connectivity index (χ1v) is 6.38. The summed E-state index contributed by atoms with van der Waals surface area (Å²) in [7, 11) is 0. The number of aromatic nitrogens is 5. The van der Waals surface area contributed by atoms with Crippen LogP contribution in [0.25, 0.3) is 5.69 Å². The predicted molar refractivity (Wildman–Crippen MR) is 73.0 cm³/mol. The number of rotatable bonds is 4. The lowest BCUT2D eigenvalue weighted by Crippen LogP contribution is -2.14. The molecule has 3 aromatic rings. The number of nitrogens with zero attached hydrogens (tertiary/aromatic N) is 5. The first-order valence-electron chi connectivity index (χ1n) is 6.38. The number of amides is 1. The average Bonchev–Trinajstić information content (AvgIpc) is 3.17. The van der Waals surface area contributed by atoms with E-state index in [0.29, 0.717) is 17.9 Å². The maximum atomic E-state index is 12.1. The number of carbonyl (C=O) groups is 1. The van der Waals surface area contributed by atoms with E-state index in [1.165, 1.54) is 11.0 Å². The molecule has 0 bridgehead atoms. The second-order valence-corrected chi connectivity index (χ2v) is 4.22. The van der Waals surface area contributed by atoms with Crippen molar-refractivity contribution in [1.29, 1.82) is 0 Å². The zero-order valence-electron chi connectivity index (χ0n) is 11.2. The van der Waals surface area contributed by atoms with Gasteiger partial charge in [0.15, 0.2) is 5.69 Å². The molecule has 2 heterocycles. The Labute approximate surface area is 119 Å². The Balaban J connectivity index is 1.79. The highest BCUT2D eigenvalue weighted by Gasteiger charge is 2.16. The summed E-state index contributed by atoms with van der Waals surface area (Å²) < 4.78 is 4.59. The highest BCUT2D eigenvalue weighted by molar-refractivity contribution is 6.02. The van der Waals surface area contributed by atoms with Crippen molar-refractivity contribution in [2.45, 2.75) is 13.3 Å². The van der Waals surface area contributed by atoms with Crippen molar-refractivity contribution in [2.24, 2.45) is 0 Å². The van der Waals surface area contributed by atoms with Crippen molar-refractivity contribution in [3.05, 3.63) is 47.9 Å². The molecule has 8 heteroatoms. The molecule has 106 valence electrons. The van der Waals surface area contributed by atoms with Gasteiger partial charge >= 0.3 is 0 Å². The van der Waals surface area contributed by atoms with E-state index in [9.17, 15) is 4.79 Å². The molecule has 3 rings (SSSR count). The molecule has 0 aliphatic heterocycles. The van der Waals surface area contributed by atoms with Gasteiger partial charge in [0.1, 0.15) is 5.69 Å². The fourth-order valence-electron chi connectivity index (χ4n) is 1.76. The van der Waals surface area contributed by atoms with E-state index in [4.69, 9.17) is 0 Å². The Morgan fingerprint density at radius 3 is 2.86 bits per heavy atom. The van der Waals surface area contributed by atoms with Crippen LogP contribution in [-0.4, -0.2) is 31.2 Å². The lowest BCUT2D eigenvalue weighted by atomic mass is 10.3.